The van der Waals surface area contributed by atoms with Crippen molar-refractivity contribution in [3.63, 3.8) is 0 Å². The predicted octanol–water partition coefficient (Wildman–Crippen LogP) is 4.18. The zero-order valence-corrected chi connectivity index (χ0v) is 10.6. The number of rotatable bonds is 2. The molecule has 3 aromatic rings. The standard InChI is InChI=1S/C14H10F2N2S/c15-9-5-6-10(17)14(13(9)16)19-12-7-8-3-1-2-4-11(8)18-12/h1-7,18H,17H2. The maximum atomic E-state index is 13.7. The molecule has 96 valence electrons. The van der Waals surface area contributed by atoms with E-state index >= 15 is 0 Å². The third kappa shape index (κ3) is 2.17. The number of hydrogen-bond donors (Lipinski definition) is 2. The van der Waals surface area contributed by atoms with E-state index in [-0.39, 0.29) is 10.6 Å². The Balaban J connectivity index is 2.03. The maximum absolute atomic E-state index is 13.7. The van der Waals surface area contributed by atoms with Gasteiger partial charge in [-0.3, -0.25) is 0 Å². The lowest BCUT2D eigenvalue weighted by molar-refractivity contribution is 0.492. The molecule has 0 amide bonds. The van der Waals surface area contributed by atoms with Gasteiger partial charge in [0.2, 0.25) is 0 Å². The highest BCUT2D eigenvalue weighted by atomic mass is 32.2. The number of aromatic amines is 1. The molecule has 19 heavy (non-hydrogen) atoms. The Morgan fingerprint density at radius 2 is 1.84 bits per heavy atom. The summed E-state index contributed by atoms with van der Waals surface area (Å²) >= 11 is 1.09. The summed E-state index contributed by atoms with van der Waals surface area (Å²) in [5.41, 5.74) is 6.86. The zero-order valence-electron chi connectivity index (χ0n) is 9.78. The molecular formula is C14H10F2N2S. The van der Waals surface area contributed by atoms with Crippen LogP contribution < -0.4 is 5.73 Å². The van der Waals surface area contributed by atoms with Crippen LogP contribution in [0.3, 0.4) is 0 Å². The van der Waals surface area contributed by atoms with Crippen LogP contribution in [0.2, 0.25) is 0 Å². The van der Waals surface area contributed by atoms with E-state index in [1.807, 2.05) is 30.3 Å². The van der Waals surface area contributed by atoms with Crippen LogP contribution in [0.4, 0.5) is 14.5 Å². The molecule has 2 nitrogen and oxygen atoms in total. The minimum absolute atomic E-state index is 0.103. The lowest BCUT2D eigenvalue weighted by Crippen LogP contribution is -1.95. The Morgan fingerprint density at radius 1 is 1.05 bits per heavy atom. The third-order valence-corrected chi connectivity index (χ3v) is 3.86. The molecule has 0 fully saturated rings. The lowest BCUT2D eigenvalue weighted by atomic mass is 10.3. The fraction of sp³-hybridized carbons (Fsp3) is 0. The van der Waals surface area contributed by atoms with E-state index in [0.717, 1.165) is 33.8 Å². The second-order valence-electron chi connectivity index (χ2n) is 4.10. The number of H-pyrrole nitrogens is 1. The Kier molecular flexibility index (Phi) is 2.91. The summed E-state index contributed by atoms with van der Waals surface area (Å²) in [5, 5.41) is 1.73. The van der Waals surface area contributed by atoms with E-state index in [0.29, 0.717) is 0 Å². The molecule has 3 N–H and O–H groups in total. The van der Waals surface area contributed by atoms with Crippen molar-refractivity contribution in [3.05, 3.63) is 54.1 Å². The molecule has 3 rings (SSSR count). The summed E-state index contributed by atoms with van der Waals surface area (Å²) in [6, 6.07) is 12.0. The molecule has 1 aromatic heterocycles. The van der Waals surface area contributed by atoms with Crippen LogP contribution in [-0.2, 0) is 0 Å². The minimum Gasteiger partial charge on any atom is -0.398 e. The Bertz CT molecular complexity index is 719. The van der Waals surface area contributed by atoms with Crippen molar-refractivity contribution in [2.45, 2.75) is 9.92 Å². The van der Waals surface area contributed by atoms with Crippen LogP contribution in [-0.4, -0.2) is 4.98 Å². The summed E-state index contributed by atoms with van der Waals surface area (Å²) in [6.07, 6.45) is 0. The second-order valence-corrected chi connectivity index (χ2v) is 5.15. The molecule has 0 bridgehead atoms. The second kappa shape index (κ2) is 4.59. The van der Waals surface area contributed by atoms with Gasteiger partial charge in [0.1, 0.15) is 0 Å². The molecular weight excluding hydrogens is 266 g/mol. The molecule has 0 saturated heterocycles. The smallest absolute Gasteiger partial charge is 0.174 e. The van der Waals surface area contributed by atoms with Crippen LogP contribution in [0.15, 0.2) is 52.4 Å². The number of para-hydroxylation sites is 1. The summed E-state index contributed by atoms with van der Waals surface area (Å²) < 4.78 is 26.9. The third-order valence-electron chi connectivity index (χ3n) is 2.80. The van der Waals surface area contributed by atoms with Crippen LogP contribution >= 0.6 is 11.8 Å². The van der Waals surface area contributed by atoms with Crippen molar-refractivity contribution in [1.29, 1.82) is 0 Å². The zero-order chi connectivity index (χ0) is 13.4. The van der Waals surface area contributed by atoms with Gasteiger partial charge in [0.25, 0.3) is 0 Å². The first-order chi connectivity index (χ1) is 9.15. The molecule has 0 unspecified atom stereocenters. The van der Waals surface area contributed by atoms with Gasteiger partial charge in [-0.15, -0.1) is 0 Å². The Labute approximate surface area is 112 Å². The van der Waals surface area contributed by atoms with Crippen molar-refractivity contribution in [1.82, 2.24) is 4.98 Å². The number of anilines is 1. The number of nitrogen functional groups attached to an aromatic ring is 1. The van der Waals surface area contributed by atoms with Crippen molar-refractivity contribution in [2.24, 2.45) is 0 Å². The number of hydrogen-bond acceptors (Lipinski definition) is 2. The van der Waals surface area contributed by atoms with Crippen molar-refractivity contribution in [3.8, 4) is 0 Å². The van der Waals surface area contributed by atoms with E-state index in [1.54, 1.807) is 0 Å². The molecule has 0 saturated carbocycles. The largest absolute Gasteiger partial charge is 0.398 e. The van der Waals surface area contributed by atoms with Gasteiger partial charge in [-0.25, -0.2) is 8.78 Å². The number of nitrogens with one attached hydrogen (secondary N) is 1. The quantitative estimate of drug-likeness (QED) is 0.689. The Hall–Kier alpha value is -2.01. The highest BCUT2D eigenvalue weighted by Gasteiger charge is 2.14. The van der Waals surface area contributed by atoms with E-state index in [2.05, 4.69) is 4.98 Å². The highest BCUT2D eigenvalue weighted by Crippen LogP contribution is 2.36. The molecule has 0 atom stereocenters. The molecule has 0 aliphatic carbocycles. The predicted molar refractivity (Wildman–Crippen MR) is 73.2 cm³/mol. The summed E-state index contributed by atoms with van der Waals surface area (Å²) in [7, 11) is 0. The number of fused-ring (bicyclic) bond motifs is 1. The number of aromatic nitrogens is 1. The van der Waals surface area contributed by atoms with E-state index in [4.69, 9.17) is 5.73 Å². The van der Waals surface area contributed by atoms with E-state index < -0.39 is 11.6 Å². The molecule has 5 heteroatoms. The van der Waals surface area contributed by atoms with E-state index in [9.17, 15) is 8.78 Å². The van der Waals surface area contributed by atoms with Crippen molar-refractivity contribution < 1.29 is 8.78 Å². The summed E-state index contributed by atoms with van der Waals surface area (Å²) in [6.45, 7) is 0. The maximum Gasteiger partial charge on any atom is 0.174 e. The van der Waals surface area contributed by atoms with Crippen LogP contribution in [0, 0.1) is 11.6 Å². The number of halogens is 2. The van der Waals surface area contributed by atoms with Gasteiger partial charge in [-0.2, -0.15) is 0 Å². The topological polar surface area (TPSA) is 41.8 Å². The average Bonchev–Trinajstić information content (AvgIpc) is 2.81. The molecule has 0 aliphatic heterocycles. The van der Waals surface area contributed by atoms with Crippen LogP contribution in [0.1, 0.15) is 0 Å². The monoisotopic (exact) mass is 276 g/mol. The first-order valence-corrected chi connectivity index (χ1v) is 6.46. The van der Waals surface area contributed by atoms with Gasteiger partial charge in [-0.1, -0.05) is 30.0 Å². The fourth-order valence-corrected chi connectivity index (χ4v) is 2.80. The van der Waals surface area contributed by atoms with Gasteiger partial charge >= 0.3 is 0 Å². The van der Waals surface area contributed by atoms with Gasteiger partial charge in [0, 0.05) is 16.6 Å². The van der Waals surface area contributed by atoms with Crippen LogP contribution in [0.25, 0.3) is 10.9 Å². The molecule has 0 radical (unpaired) electrons. The lowest BCUT2D eigenvalue weighted by Gasteiger charge is -2.05. The van der Waals surface area contributed by atoms with E-state index in [1.165, 1.54) is 6.07 Å². The van der Waals surface area contributed by atoms with Crippen molar-refractivity contribution >= 4 is 28.4 Å². The summed E-state index contributed by atoms with van der Waals surface area (Å²) in [4.78, 5) is 3.24. The van der Waals surface area contributed by atoms with Gasteiger partial charge < -0.3 is 10.7 Å². The molecule has 1 heterocycles. The minimum atomic E-state index is -0.913. The molecule has 0 spiro atoms. The first-order valence-electron chi connectivity index (χ1n) is 5.64. The van der Waals surface area contributed by atoms with Gasteiger partial charge in [0.15, 0.2) is 11.6 Å². The summed E-state index contributed by atoms with van der Waals surface area (Å²) in [5.74, 6) is -1.81. The molecule has 2 aromatic carbocycles. The van der Waals surface area contributed by atoms with Gasteiger partial charge in [-0.05, 0) is 24.3 Å². The SMILES string of the molecule is Nc1ccc(F)c(F)c1Sc1cc2ccccc2[nH]1. The average molecular weight is 276 g/mol. The number of nitrogens with two attached hydrogens (primary N) is 1. The number of benzene rings is 2. The highest BCUT2D eigenvalue weighted by molar-refractivity contribution is 7.99. The Morgan fingerprint density at radius 3 is 2.63 bits per heavy atom. The fourth-order valence-electron chi connectivity index (χ4n) is 1.86. The van der Waals surface area contributed by atoms with Crippen molar-refractivity contribution in [2.75, 3.05) is 5.73 Å². The van der Waals surface area contributed by atoms with Gasteiger partial charge in [0.05, 0.1) is 9.92 Å². The molecule has 0 aliphatic rings. The first kappa shape index (κ1) is 12.0. The van der Waals surface area contributed by atoms with Crippen LogP contribution in [0.5, 0.6) is 0 Å². The normalized spacial score (nSPS) is 11.1.